The Balaban J connectivity index is 2.13. The molecule has 0 atom stereocenters. The molecule has 1 aromatic heterocycles. The summed E-state index contributed by atoms with van der Waals surface area (Å²) in [7, 11) is 0. The molecule has 0 amide bonds. The van der Waals surface area contributed by atoms with Crippen LogP contribution in [0.1, 0.15) is 19.2 Å². The van der Waals surface area contributed by atoms with Crippen LogP contribution in [0.3, 0.4) is 0 Å². The summed E-state index contributed by atoms with van der Waals surface area (Å²) in [5.41, 5.74) is 4.49. The molecule has 2 heteroatoms. The first kappa shape index (κ1) is 12.7. The van der Waals surface area contributed by atoms with Crippen LogP contribution in [0.15, 0.2) is 60.7 Å². The Kier molecular flexibility index (Phi) is 3.64. The van der Waals surface area contributed by atoms with Crippen molar-refractivity contribution in [3.05, 3.63) is 66.5 Å². The molecule has 0 radical (unpaired) electrons. The maximum atomic E-state index is 4.79. The highest BCUT2D eigenvalue weighted by molar-refractivity contribution is 5.78. The Hall–Kier alpha value is -2.35. The van der Waals surface area contributed by atoms with E-state index in [4.69, 9.17) is 4.98 Å². The number of aromatic nitrogens is 2. The number of H-pyrrole nitrogens is 1. The Bertz CT molecular complexity index is 612. The predicted octanol–water partition coefficient (Wildman–Crippen LogP) is 4.70. The quantitative estimate of drug-likeness (QED) is 0.725. The number of benzene rings is 2. The smallest absolute Gasteiger partial charge is 0.107 e. The molecule has 0 unspecified atom stereocenters. The molecule has 2 nitrogen and oxygen atoms in total. The summed E-state index contributed by atoms with van der Waals surface area (Å²) >= 11 is 0. The van der Waals surface area contributed by atoms with E-state index in [0.29, 0.717) is 0 Å². The van der Waals surface area contributed by atoms with Crippen LogP contribution in [0.5, 0.6) is 0 Å². The zero-order valence-corrected chi connectivity index (χ0v) is 11.6. The average Bonchev–Trinajstić information content (AvgIpc) is 2.93. The van der Waals surface area contributed by atoms with Crippen LogP contribution in [-0.4, -0.2) is 9.97 Å². The van der Waals surface area contributed by atoms with Crippen molar-refractivity contribution in [2.45, 2.75) is 19.8 Å². The summed E-state index contributed by atoms with van der Waals surface area (Å²) in [6, 6.07) is 20.8. The first-order valence-electron chi connectivity index (χ1n) is 7.08. The fraction of sp³-hybridized carbons (Fsp3) is 0.167. The molecule has 20 heavy (non-hydrogen) atoms. The molecule has 100 valence electrons. The largest absolute Gasteiger partial charge is 0.341 e. The monoisotopic (exact) mass is 262 g/mol. The molecule has 0 aliphatic heterocycles. The zero-order chi connectivity index (χ0) is 13.8. The van der Waals surface area contributed by atoms with Gasteiger partial charge in [0.25, 0.3) is 0 Å². The molecule has 3 rings (SSSR count). The van der Waals surface area contributed by atoms with E-state index >= 15 is 0 Å². The summed E-state index contributed by atoms with van der Waals surface area (Å²) in [6.07, 6.45) is 2.07. The standard InChI is InChI=1S/C18H18N2/c1-2-9-16-19-17(14-10-5-3-6-11-14)18(20-16)15-12-7-4-8-13-15/h3-8,10-13H,2,9H2,1H3,(H,19,20). The summed E-state index contributed by atoms with van der Waals surface area (Å²) in [4.78, 5) is 8.28. The molecule has 0 saturated carbocycles. The fourth-order valence-corrected chi connectivity index (χ4v) is 2.40. The van der Waals surface area contributed by atoms with E-state index in [0.717, 1.165) is 35.6 Å². The van der Waals surface area contributed by atoms with Crippen molar-refractivity contribution in [3.63, 3.8) is 0 Å². The molecular formula is C18H18N2. The number of aromatic amines is 1. The van der Waals surface area contributed by atoms with Crippen molar-refractivity contribution < 1.29 is 0 Å². The van der Waals surface area contributed by atoms with Gasteiger partial charge in [-0.3, -0.25) is 0 Å². The maximum Gasteiger partial charge on any atom is 0.107 e. The topological polar surface area (TPSA) is 28.7 Å². The van der Waals surface area contributed by atoms with Crippen LogP contribution in [0, 0.1) is 0 Å². The van der Waals surface area contributed by atoms with Crippen LogP contribution in [0.2, 0.25) is 0 Å². The third-order valence-electron chi connectivity index (χ3n) is 3.35. The summed E-state index contributed by atoms with van der Waals surface area (Å²) in [6.45, 7) is 2.17. The summed E-state index contributed by atoms with van der Waals surface area (Å²) < 4.78 is 0. The number of hydrogen-bond donors (Lipinski definition) is 1. The molecule has 1 N–H and O–H groups in total. The van der Waals surface area contributed by atoms with Crippen molar-refractivity contribution in [1.29, 1.82) is 0 Å². The van der Waals surface area contributed by atoms with E-state index in [1.165, 1.54) is 5.56 Å². The van der Waals surface area contributed by atoms with Crippen molar-refractivity contribution in [2.24, 2.45) is 0 Å². The number of rotatable bonds is 4. The molecule has 3 aromatic rings. The SMILES string of the molecule is CCCc1nc(-c2ccccc2)c(-c2ccccc2)[nH]1. The van der Waals surface area contributed by atoms with Gasteiger partial charge in [0.15, 0.2) is 0 Å². The van der Waals surface area contributed by atoms with Gasteiger partial charge in [0.2, 0.25) is 0 Å². The van der Waals surface area contributed by atoms with E-state index in [2.05, 4.69) is 60.4 Å². The lowest BCUT2D eigenvalue weighted by Gasteiger charge is -2.02. The number of aryl methyl sites for hydroxylation is 1. The van der Waals surface area contributed by atoms with Gasteiger partial charge in [-0.25, -0.2) is 4.98 Å². The minimum Gasteiger partial charge on any atom is -0.341 e. The third-order valence-corrected chi connectivity index (χ3v) is 3.35. The van der Waals surface area contributed by atoms with Gasteiger partial charge < -0.3 is 4.98 Å². The van der Waals surface area contributed by atoms with Gasteiger partial charge in [0, 0.05) is 17.5 Å². The lowest BCUT2D eigenvalue weighted by atomic mass is 10.1. The van der Waals surface area contributed by atoms with Crippen molar-refractivity contribution in [2.75, 3.05) is 0 Å². The van der Waals surface area contributed by atoms with Gasteiger partial charge in [0.05, 0.1) is 11.4 Å². The van der Waals surface area contributed by atoms with E-state index in [1.807, 2.05) is 12.1 Å². The third kappa shape index (κ3) is 2.50. The van der Waals surface area contributed by atoms with E-state index in [1.54, 1.807) is 0 Å². The second-order valence-electron chi connectivity index (χ2n) is 4.89. The van der Waals surface area contributed by atoms with E-state index in [-0.39, 0.29) is 0 Å². The normalized spacial score (nSPS) is 10.7. The van der Waals surface area contributed by atoms with Gasteiger partial charge in [-0.15, -0.1) is 0 Å². The first-order chi connectivity index (χ1) is 9.88. The number of nitrogens with one attached hydrogen (secondary N) is 1. The molecule has 0 bridgehead atoms. The Labute approximate surface area is 119 Å². The molecule has 2 aromatic carbocycles. The number of nitrogens with zero attached hydrogens (tertiary/aromatic N) is 1. The average molecular weight is 262 g/mol. The highest BCUT2D eigenvalue weighted by Crippen LogP contribution is 2.30. The second kappa shape index (κ2) is 5.74. The second-order valence-corrected chi connectivity index (χ2v) is 4.89. The fourth-order valence-electron chi connectivity index (χ4n) is 2.40. The summed E-state index contributed by atoms with van der Waals surface area (Å²) in [5, 5.41) is 0. The molecule has 1 heterocycles. The maximum absolute atomic E-state index is 4.79. The van der Waals surface area contributed by atoms with Crippen LogP contribution in [0.25, 0.3) is 22.5 Å². The lowest BCUT2D eigenvalue weighted by molar-refractivity contribution is 0.858. The van der Waals surface area contributed by atoms with E-state index in [9.17, 15) is 0 Å². The molecule has 0 spiro atoms. The molecule has 0 aliphatic carbocycles. The molecular weight excluding hydrogens is 244 g/mol. The highest BCUT2D eigenvalue weighted by atomic mass is 14.9. The lowest BCUT2D eigenvalue weighted by Crippen LogP contribution is -1.85. The molecule has 0 saturated heterocycles. The highest BCUT2D eigenvalue weighted by Gasteiger charge is 2.13. The zero-order valence-electron chi connectivity index (χ0n) is 11.6. The van der Waals surface area contributed by atoms with Crippen molar-refractivity contribution >= 4 is 0 Å². The van der Waals surface area contributed by atoms with Gasteiger partial charge in [-0.1, -0.05) is 67.6 Å². The number of imidazole rings is 1. The van der Waals surface area contributed by atoms with E-state index < -0.39 is 0 Å². The van der Waals surface area contributed by atoms with Gasteiger partial charge in [-0.2, -0.15) is 0 Å². The molecule has 0 fully saturated rings. The van der Waals surface area contributed by atoms with Crippen LogP contribution >= 0.6 is 0 Å². The Morgan fingerprint density at radius 2 is 1.45 bits per heavy atom. The minimum atomic E-state index is 0.979. The van der Waals surface area contributed by atoms with Crippen LogP contribution in [0.4, 0.5) is 0 Å². The number of hydrogen-bond acceptors (Lipinski definition) is 1. The van der Waals surface area contributed by atoms with Crippen molar-refractivity contribution in [3.8, 4) is 22.5 Å². The van der Waals surface area contributed by atoms with Gasteiger partial charge in [0.1, 0.15) is 5.82 Å². The predicted molar refractivity (Wildman–Crippen MR) is 83.5 cm³/mol. The summed E-state index contributed by atoms with van der Waals surface area (Å²) in [5.74, 6) is 1.06. The minimum absolute atomic E-state index is 0.979. The Morgan fingerprint density at radius 3 is 2.05 bits per heavy atom. The van der Waals surface area contributed by atoms with Crippen molar-refractivity contribution in [1.82, 2.24) is 9.97 Å². The Morgan fingerprint density at radius 1 is 0.850 bits per heavy atom. The van der Waals surface area contributed by atoms with Gasteiger partial charge >= 0.3 is 0 Å². The van der Waals surface area contributed by atoms with Crippen LogP contribution in [-0.2, 0) is 6.42 Å². The molecule has 0 aliphatic rings. The first-order valence-corrected chi connectivity index (χ1v) is 7.08. The van der Waals surface area contributed by atoms with Gasteiger partial charge in [-0.05, 0) is 6.42 Å². The van der Waals surface area contributed by atoms with Crippen LogP contribution < -0.4 is 0 Å².